The molecule has 0 fully saturated rings. The van der Waals surface area contributed by atoms with Crippen LogP contribution in [-0.2, 0) is 0 Å². The highest BCUT2D eigenvalue weighted by Gasteiger charge is 2.07. The second-order valence-corrected chi connectivity index (χ2v) is 5.67. The third kappa shape index (κ3) is 3.29. The number of nitrogens with one attached hydrogen (secondary N) is 1. The Balaban J connectivity index is 2.19. The number of halogens is 1. The van der Waals surface area contributed by atoms with Crippen molar-refractivity contribution in [3.63, 3.8) is 0 Å². The molecule has 2 rings (SSSR count). The number of anilines is 1. The number of benzene rings is 2. The molecule has 2 N–H and O–H groups in total. The van der Waals surface area contributed by atoms with Gasteiger partial charge in [0.2, 0.25) is 0 Å². The van der Waals surface area contributed by atoms with E-state index in [9.17, 15) is 5.11 Å². The molecule has 0 bridgehead atoms. The maximum atomic E-state index is 9.31. The molecule has 0 aliphatic heterocycles. The SMILES string of the molecule is Cc1cc(NC(C)c2ccc(O)cc2)cc(C)c1Br. The standard InChI is InChI=1S/C16H18BrNO/c1-10-8-14(9-11(2)16(10)17)18-12(3)13-4-6-15(19)7-5-13/h4-9,12,18-19H,1-3H3. The van der Waals surface area contributed by atoms with Crippen LogP contribution >= 0.6 is 15.9 Å². The predicted octanol–water partition coefficient (Wildman–Crippen LogP) is 4.94. The summed E-state index contributed by atoms with van der Waals surface area (Å²) in [7, 11) is 0. The molecule has 1 atom stereocenters. The Hall–Kier alpha value is -1.48. The monoisotopic (exact) mass is 319 g/mol. The van der Waals surface area contributed by atoms with Gasteiger partial charge in [0.05, 0.1) is 0 Å². The third-order valence-corrected chi connectivity index (χ3v) is 4.46. The first-order chi connectivity index (χ1) is 8.97. The van der Waals surface area contributed by atoms with Gasteiger partial charge in [-0.1, -0.05) is 28.1 Å². The van der Waals surface area contributed by atoms with Crippen molar-refractivity contribution in [2.24, 2.45) is 0 Å². The number of hydrogen-bond acceptors (Lipinski definition) is 2. The average molecular weight is 320 g/mol. The smallest absolute Gasteiger partial charge is 0.115 e. The van der Waals surface area contributed by atoms with E-state index >= 15 is 0 Å². The normalized spacial score (nSPS) is 12.2. The fourth-order valence-corrected chi connectivity index (χ4v) is 2.35. The van der Waals surface area contributed by atoms with Crippen molar-refractivity contribution in [3.8, 4) is 5.75 Å². The number of hydrogen-bond donors (Lipinski definition) is 2. The van der Waals surface area contributed by atoms with Crippen LogP contribution in [0.15, 0.2) is 40.9 Å². The summed E-state index contributed by atoms with van der Waals surface area (Å²) in [5.41, 5.74) is 4.70. The summed E-state index contributed by atoms with van der Waals surface area (Å²) < 4.78 is 1.16. The maximum absolute atomic E-state index is 9.31. The van der Waals surface area contributed by atoms with Gasteiger partial charge in [-0.2, -0.15) is 0 Å². The molecule has 0 spiro atoms. The van der Waals surface area contributed by atoms with Gasteiger partial charge in [0.1, 0.15) is 5.75 Å². The van der Waals surface area contributed by atoms with E-state index in [1.165, 1.54) is 11.1 Å². The lowest BCUT2D eigenvalue weighted by atomic mass is 10.1. The van der Waals surface area contributed by atoms with E-state index in [1.807, 2.05) is 12.1 Å². The van der Waals surface area contributed by atoms with Gasteiger partial charge in [0, 0.05) is 16.2 Å². The molecule has 2 nitrogen and oxygen atoms in total. The van der Waals surface area contributed by atoms with Gasteiger partial charge in [0.15, 0.2) is 0 Å². The predicted molar refractivity (Wildman–Crippen MR) is 83.8 cm³/mol. The summed E-state index contributed by atoms with van der Waals surface area (Å²) in [6.45, 7) is 6.29. The van der Waals surface area contributed by atoms with Crippen molar-refractivity contribution in [2.45, 2.75) is 26.8 Å². The van der Waals surface area contributed by atoms with E-state index in [0.29, 0.717) is 5.75 Å². The molecule has 0 radical (unpaired) electrons. The molecule has 0 saturated carbocycles. The Bertz CT molecular complexity index is 555. The molecule has 3 heteroatoms. The molecule has 0 saturated heterocycles. The molecule has 2 aromatic rings. The lowest BCUT2D eigenvalue weighted by molar-refractivity contribution is 0.475. The number of phenols is 1. The van der Waals surface area contributed by atoms with Gasteiger partial charge in [-0.25, -0.2) is 0 Å². The zero-order valence-electron chi connectivity index (χ0n) is 11.4. The minimum atomic E-state index is 0.195. The quantitative estimate of drug-likeness (QED) is 0.839. The summed E-state index contributed by atoms with van der Waals surface area (Å²) in [4.78, 5) is 0. The van der Waals surface area contributed by atoms with Crippen LogP contribution in [0.1, 0.15) is 29.7 Å². The number of phenolic OH excluding ortho intramolecular Hbond substituents is 1. The fourth-order valence-electron chi connectivity index (χ4n) is 2.13. The van der Waals surface area contributed by atoms with Gasteiger partial charge in [0.25, 0.3) is 0 Å². The second kappa shape index (κ2) is 5.66. The largest absolute Gasteiger partial charge is 0.508 e. The first-order valence-electron chi connectivity index (χ1n) is 6.29. The van der Waals surface area contributed by atoms with Crippen molar-refractivity contribution >= 4 is 21.6 Å². The van der Waals surface area contributed by atoms with Crippen LogP contribution in [0.4, 0.5) is 5.69 Å². The summed E-state index contributed by atoms with van der Waals surface area (Å²) in [6, 6.07) is 11.8. The van der Waals surface area contributed by atoms with Crippen LogP contribution in [0.2, 0.25) is 0 Å². The van der Waals surface area contributed by atoms with Gasteiger partial charge in [-0.15, -0.1) is 0 Å². The van der Waals surface area contributed by atoms with Gasteiger partial charge in [-0.05, 0) is 61.7 Å². The van der Waals surface area contributed by atoms with E-state index in [-0.39, 0.29) is 6.04 Å². The van der Waals surface area contributed by atoms with Crippen molar-refractivity contribution in [3.05, 3.63) is 57.6 Å². The van der Waals surface area contributed by atoms with E-state index in [0.717, 1.165) is 15.7 Å². The molecule has 0 amide bonds. The third-order valence-electron chi connectivity index (χ3n) is 3.21. The highest BCUT2D eigenvalue weighted by atomic mass is 79.9. The topological polar surface area (TPSA) is 32.3 Å². The van der Waals surface area contributed by atoms with Crippen molar-refractivity contribution in [2.75, 3.05) is 5.32 Å². The Morgan fingerprint density at radius 1 is 1.05 bits per heavy atom. The van der Waals surface area contributed by atoms with Crippen LogP contribution in [0.25, 0.3) is 0 Å². The Morgan fingerprint density at radius 2 is 1.58 bits per heavy atom. The van der Waals surface area contributed by atoms with Crippen molar-refractivity contribution < 1.29 is 5.11 Å². The Labute approximate surface area is 122 Å². The number of aryl methyl sites for hydroxylation is 2. The fraction of sp³-hybridized carbons (Fsp3) is 0.250. The maximum Gasteiger partial charge on any atom is 0.115 e. The molecular formula is C16H18BrNO. The molecule has 1 unspecified atom stereocenters. The molecule has 100 valence electrons. The second-order valence-electron chi connectivity index (χ2n) is 4.88. The Kier molecular flexibility index (Phi) is 4.15. The first kappa shape index (κ1) is 13.9. The summed E-state index contributed by atoms with van der Waals surface area (Å²) in [5.74, 6) is 0.297. The Morgan fingerprint density at radius 3 is 2.11 bits per heavy atom. The van der Waals surface area contributed by atoms with Crippen LogP contribution in [0.3, 0.4) is 0 Å². The van der Waals surface area contributed by atoms with E-state index in [4.69, 9.17) is 0 Å². The molecule has 0 aromatic heterocycles. The molecular weight excluding hydrogens is 302 g/mol. The number of aromatic hydroxyl groups is 1. The molecule has 19 heavy (non-hydrogen) atoms. The minimum absolute atomic E-state index is 0.195. The summed E-state index contributed by atoms with van der Waals surface area (Å²) in [6.07, 6.45) is 0. The summed E-state index contributed by atoms with van der Waals surface area (Å²) in [5, 5.41) is 12.8. The van der Waals surface area contributed by atoms with E-state index in [2.05, 4.69) is 54.2 Å². The lowest BCUT2D eigenvalue weighted by Crippen LogP contribution is -2.06. The van der Waals surface area contributed by atoms with Crippen molar-refractivity contribution in [1.29, 1.82) is 0 Å². The molecule has 0 aliphatic rings. The average Bonchev–Trinajstić information content (AvgIpc) is 2.36. The van der Waals surface area contributed by atoms with Crippen LogP contribution in [-0.4, -0.2) is 5.11 Å². The van der Waals surface area contributed by atoms with E-state index < -0.39 is 0 Å². The van der Waals surface area contributed by atoms with Gasteiger partial charge in [-0.3, -0.25) is 0 Å². The van der Waals surface area contributed by atoms with Gasteiger partial charge >= 0.3 is 0 Å². The zero-order valence-corrected chi connectivity index (χ0v) is 13.0. The van der Waals surface area contributed by atoms with Crippen LogP contribution < -0.4 is 5.32 Å². The van der Waals surface area contributed by atoms with Crippen LogP contribution in [0, 0.1) is 13.8 Å². The molecule has 0 aliphatic carbocycles. The highest BCUT2D eigenvalue weighted by molar-refractivity contribution is 9.10. The highest BCUT2D eigenvalue weighted by Crippen LogP contribution is 2.27. The van der Waals surface area contributed by atoms with E-state index in [1.54, 1.807) is 12.1 Å². The van der Waals surface area contributed by atoms with Gasteiger partial charge < -0.3 is 10.4 Å². The molecule has 0 heterocycles. The van der Waals surface area contributed by atoms with Crippen molar-refractivity contribution in [1.82, 2.24) is 0 Å². The summed E-state index contributed by atoms with van der Waals surface area (Å²) >= 11 is 3.58. The minimum Gasteiger partial charge on any atom is -0.508 e. The first-order valence-corrected chi connectivity index (χ1v) is 7.09. The van der Waals surface area contributed by atoms with Crippen LogP contribution in [0.5, 0.6) is 5.75 Å². The zero-order chi connectivity index (χ0) is 14.0. The lowest BCUT2D eigenvalue weighted by Gasteiger charge is -2.17. The molecule has 2 aromatic carbocycles. The number of rotatable bonds is 3.